The van der Waals surface area contributed by atoms with Gasteiger partial charge < -0.3 is 5.32 Å². The van der Waals surface area contributed by atoms with E-state index in [2.05, 4.69) is 5.32 Å². The van der Waals surface area contributed by atoms with Crippen molar-refractivity contribution in [2.45, 2.75) is 10.7 Å². The number of rotatable bonds is 4. The molecule has 1 aromatic heterocycles. The smallest absolute Gasteiger partial charge is 0.288 e. The summed E-state index contributed by atoms with van der Waals surface area (Å²) in [5.41, 5.74) is 0.590. The van der Waals surface area contributed by atoms with Crippen molar-refractivity contribution in [3.8, 4) is 0 Å². The van der Waals surface area contributed by atoms with E-state index in [0.29, 0.717) is 27.2 Å². The third kappa shape index (κ3) is 3.54. The second kappa shape index (κ2) is 5.97. The molecule has 6 heteroatoms. The fourth-order valence-corrected chi connectivity index (χ4v) is 2.44. The monoisotopic (exact) mass is 285 g/mol. The lowest BCUT2D eigenvalue weighted by Crippen LogP contribution is -2.09. The normalized spacial score (nSPS) is 10.6. The summed E-state index contributed by atoms with van der Waals surface area (Å²) in [7, 11) is 0. The van der Waals surface area contributed by atoms with Crippen LogP contribution in [0.25, 0.3) is 0 Å². The van der Waals surface area contributed by atoms with Crippen molar-refractivity contribution >= 4 is 34.7 Å². The van der Waals surface area contributed by atoms with Crippen molar-refractivity contribution in [3.63, 3.8) is 0 Å². The number of hydrogen-bond acceptors (Lipinski definition) is 3. The number of amides is 1. The van der Waals surface area contributed by atoms with E-state index in [-0.39, 0.29) is 5.91 Å². The molecule has 0 fully saturated rings. The van der Waals surface area contributed by atoms with Crippen LogP contribution in [0.1, 0.15) is 9.67 Å². The Kier molecular flexibility index (Phi) is 4.33. The zero-order chi connectivity index (χ0) is 13.0. The van der Waals surface area contributed by atoms with Gasteiger partial charge in [-0.15, -0.1) is 11.3 Å². The van der Waals surface area contributed by atoms with Gasteiger partial charge in [0.05, 0.1) is 4.88 Å². The summed E-state index contributed by atoms with van der Waals surface area (Å²) < 4.78 is 24.2. The first-order chi connectivity index (χ1) is 8.65. The molecule has 0 saturated heterocycles. The Labute approximate surface area is 111 Å². The Morgan fingerprint density at radius 2 is 1.94 bits per heavy atom. The quantitative estimate of drug-likeness (QED) is 0.848. The summed E-state index contributed by atoms with van der Waals surface area (Å²) in [4.78, 5) is 12.8. The zero-order valence-electron chi connectivity index (χ0n) is 9.10. The number of thioether (sulfide) groups is 1. The molecule has 0 aliphatic heterocycles. The third-order valence-corrected chi connectivity index (χ3v) is 3.67. The average Bonchev–Trinajstić information content (AvgIpc) is 2.84. The van der Waals surface area contributed by atoms with Crippen molar-refractivity contribution in [3.05, 3.63) is 46.7 Å². The van der Waals surface area contributed by atoms with E-state index in [0.717, 1.165) is 0 Å². The average molecular weight is 285 g/mol. The molecule has 0 spiro atoms. The molecule has 0 aliphatic rings. The maximum atomic E-state index is 12.1. The van der Waals surface area contributed by atoms with Crippen LogP contribution in [0.2, 0.25) is 0 Å². The minimum absolute atomic E-state index is 0.195. The van der Waals surface area contributed by atoms with Crippen LogP contribution in [0.15, 0.2) is 46.7 Å². The third-order valence-electron chi connectivity index (χ3n) is 2.08. The summed E-state index contributed by atoms with van der Waals surface area (Å²) in [5, 5.41) is 4.52. The second-order valence-corrected chi connectivity index (χ2v) is 5.35. The molecule has 0 saturated carbocycles. The first-order valence-corrected chi connectivity index (χ1v) is 6.81. The van der Waals surface area contributed by atoms with Crippen LogP contribution >= 0.6 is 23.1 Å². The standard InChI is InChI=1S/C12H9F2NOS2/c13-12(14)18-9-5-3-8(4-6-9)15-11(16)10-2-1-7-17-10/h1-7,12H,(H,15,16). The molecule has 1 aromatic carbocycles. The number of carbonyl (C=O) groups is 1. The van der Waals surface area contributed by atoms with Gasteiger partial charge in [-0.3, -0.25) is 4.79 Å². The number of thiophene rings is 1. The van der Waals surface area contributed by atoms with Crippen molar-refractivity contribution in [1.82, 2.24) is 0 Å². The molecule has 2 aromatic rings. The first kappa shape index (κ1) is 13.0. The number of alkyl halides is 2. The van der Waals surface area contributed by atoms with Gasteiger partial charge in [-0.05, 0) is 35.7 Å². The Hall–Kier alpha value is -1.40. The largest absolute Gasteiger partial charge is 0.321 e. The predicted molar refractivity (Wildman–Crippen MR) is 70.6 cm³/mol. The fourth-order valence-electron chi connectivity index (χ4n) is 1.32. The fraction of sp³-hybridized carbons (Fsp3) is 0.0833. The molecule has 2 rings (SSSR count). The van der Waals surface area contributed by atoms with Crippen LogP contribution in [-0.4, -0.2) is 11.7 Å². The molecular formula is C12H9F2NOS2. The van der Waals surface area contributed by atoms with Gasteiger partial charge in [0.1, 0.15) is 0 Å². The molecule has 94 valence electrons. The highest BCUT2D eigenvalue weighted by Crippen LogP contribution is 2.26. The molecule has 18 heavy (non-hydrogen) atoms. The minimum Gasteiger partial charge on any atom is -0.321 e. The zero-order valence-corrected chi connectivity index (χ0v) is 10.7. The Morgan fingerprint density at radius 1 is 1.22 bits per heavy atom. The van der Waals surface area contributed by atoms with Gasteiger partial charge in [-0.2, -0.15) is 8.78 Å². The Morgan fingerprint density at radius 3 is 2.50 bits per heavy atom. The minimum atomic E-state index is -2.43. The van der Waals surface area contributed by atoms with E-state index in [1.54, 1.807) is 36.4 Å². The summed E-state index contributed by atoms with van der Waals surface area (Å²) in [6, 6.07) is 9.84. The molecule has 0 atom stereocenters. The highest BCUT2D eigenvalue weighted by atomic mass is 32.2. The maximum Gasteiger partial charge on any atom is 0.288 e. The van der Waals surface area contributed by atoms with E-state index in [4.69, 9.17) is 0 Å². The van der Waals surface area contributed by atoms with Gasteiger partial charge >= 0.3 is 0 Å². The van der Waals surface area contributed by atoms with Gasteiger partial charge in [-0.1, -0.05) is 17.8 Å². The predicted octanol–water partition coefficient (Wildman–Crippen LogP) is 4.32. The van der Waals surface area contributed by atoms with Gasteiger partial charge in [-0.25, -0.2) is 0 Å². The summed E-state index contributed by atoms with van der Waals surface area (Å²) in [6.07, 6.45) is 0. The van der Waals surface area contributed by atoms with Gasteiger partial charge in [0.25, 0.3) is 11.7 Å². The maximum absolute atomic E-state index is 12.1. The van der Waals surface area contributed by atoms with Crippen LogP contribution in [0.5, 0.6) is 0 Å². The SMILES string of the molecule is O=C(Nc1ccc(SC(F)F)cc1)c1cccs1. The van der Waals surface area contributed by atoms with E-state index in [1.807, 2.05) is 5.38 Å². The number of nitrogens with one attached hydrogen (secondary N) is 1. The van der Waals surface area contributed by atoms with Crippen LogP contribution < -0.4 is 5.32 Å². The molecule has 1 amide bonds. The lowest BCUT2D eigenvalue weighted by atomic mass is 10.3. The van der Waals surface area contributed by atoms with Crippen LogP contribution in [0.4, 0.5) is 14.5 Å². The summed E-state index contributed by atoms with van der Waals surface area (Å²) in [6.45, 7) is 0. The van der Waals surface area contributed by atoms with Gasteiger partial charge in [0.2, 0.25) is 0 Å². The number of benzene rings is 1. The highest BCUT2D eigenvalue weighted by Gasteiger charge is 2.08. The molecule has 0 aliphatic carbocycles. The Balaban J connectivity index is 2.00. The highest BCUT2D eigenvalue weighted by molar-refractivity contribution is 7.99. The molecule has 2 nitrogen and oxygen atoms in total. The number of halogens is 2. The van der Waals surface area contributed by atoms with Crippen LogP contribution in [-0.2, 0) is 0 Å². The van der Waals surface area contributed by atoms with E-state index in [1.165, 1.54) is 11.3 Å². The summed E-state index contributed by atoms with van der Waals surface area (Å²) in [5.74, 6) is -2.63. The molecule has 0 unspecified atom stereocenters. The van der Waals surface area contributed by atoms with Crippen molar-refractivity contribution in [2.75, 3.05) is 5.32 Å². The molecule has 1 N–H and O–H groups in total. The van der Waals surface area contributed by atoms with Crippen molar-refractivity contribution in [2.24, 2.45) is 0 Å². The van der Waals surface area contributed by atoms with Gasteiger partial charge in [0, 0.05) is 10.6 Å². The number of hydrogen-bond donors (Lipinski definition) is 1. The topological polar surface area (TPSA) is 29.1 Å². The first-order valence-electron chi connectivity index (χ1n) is 5.05. The van der Waals surface area contributed by atoms with E-state index < -0.39 is 5.76 Å². The molecule has 1 heterocycles. The van der Waals surface area contributed by atoms with Crippen molar-refractivity contribution < 1.29 is 13.6 Å². The molecule has 0 bridgehead atoms. The number of carbonyl (C=O) groups excluding carboxylic acids is 1. The van der Waals surface area contributed by atoms with Crippen LogP contribution in [0, 0.1) is 0 Å². The van der Waals surface area contributed by atoms with Crippen LogP contribution in [0.3, 0.4) is 0 Å². The van der Waals surface area contributed by atoms with Crippen molar-refractivity contribution in [1.29, 1.82) is 0 Å². The second-order valence-electron chi connectivity index (χ2n) is 3.33. The number of anilines is 1. The lowest BCUT2D eigenvalue weighted by molar-refractivity contribution is 0.103. The van der Waals surface area contributed by atoms with Gasteiger partial charge in [0.15, 0.2) is 0 Å². The molecular weight excluding hydrogens is 276 g/mol. The Bertz CT molecular complexity index is 511. The van der Waals surface area contributed by atoms with E-state index >= 15 is 0 Å². The molecule has 0 radical (unpaired) electrons. The van der Waals surface area contributed by atoms with E-state index in [9.17, 15) is 13.6 Å². The summed E-state index contributed by atoms with van der Waals surface area (Å²) >= 11 is 1.83. The lowest BCUT2D eigenvalue weighted by Gasteiger charge is -2.05.